The van der Waals surface area contributed by atoms with E-state index in [1.165, 1.54) is 4.57 Å². The summed E-state index contributed by atoms with van der Waals surface area (Å²) in [5.41, 5.74) is 1.61. The molecule has 29 heavy (non-hydrogen) atoms. The van der Waals surface area contributed by atoms with Gasteiger partial charge in [0.25, 0.3) is 0 Å². The Kier molecular flexibility index (Phi) is 7.47. The highest BCUT2D eigenvalue weighted by Crippen LogP contribution is 2.25. The second-order valence-electron chi connectivity index (χ2n) is 6.35. The molecule has 3 aromatic rings. The molecule has 2 N–H and O–H groups in total. The minimum atomic E-state index is -4.39. The fourth-order valence-corrected chi connectivity index (χ4v) is 2.45. The third kappa shape index (κ3) is 6.14. The lowest BCUT2D eigenvalue weighted by molar-refractivity contribution is -0.0916. The molecule has 0 atom stereocenters. The van der Waals surface area contributed by atoms with Crippen molar-refractivity contribution in [3.63, 3.8) is 0 Å². The molecule has 0 saturated carbocycles. The molecule has 0 bridgehead atoms. The number of aromatic nitrogens is 2. The molecule has 0 unspecified atom stereocenters. The Bertz CT molecular complexity index is 1030. The number of para-hydroxylation sites is 1. The Morgan fingerprint density at radius 3 is 2.41 bits per heavy atom. The van der Waals surface area contributed by atoms with Gasteiger partial charge < -0.3 is 10.3 Å². The Labute approximate surface area is 167 Å². The summed E-state index contributed by atoms with van der Waals surface area (Å²) in [5, 5.41) is 3.20. The van der Waals surface area contributed by atoms with Crippen LogP contribution in [0.25, 0.3) is 11.0 Å². The zero-order valence-electron chi connectivity index (χ0n) is 16.4. The summed E-state index contributed by atoms with van der Waals surface area (Å²) in [7, 11) is 0. The number of nitrogens with one attached hydrogen (secondary N) is 2. The highest BCUT2D eigenvalue weighted by Gasteiger charge is 2.29. The first-order valence-electron chi connectivity index (χ1n) is 9.15. The highest BCUT2D eigenvalue weighted by atomic mass is 19.4. The van der Waals surface area contributed by atoms with E-state index in [0.717, 1.165) is 30.8 Å². The molecule has 0 amide bonds. The average Bonchev–Trinajstić information content (AvgIpc) is 3.00. The van der Waals surface area contributed by atoms with Crippen molar-refractivity contribution in [1.29, 1.82) is 0 Å². The van der Waals surface area contributed by atoms with Crippen molar-refractivity contribution < 1.29 is 13.2 Å². The topological polar surface area (TPSA) is 49.8 Å². The van der Waals surface area contributed by atoms with E-state index in [2.05, 4.69) is 23.8 Å². The van der Waals surface area contributed by atoms with Crippen LogP contribution in [-0.2, 0) is 6.54 Å². The molecule has 0 aliphatic rings. The van der Waals surface area contributed by atoms with Crippen molar-refractivity contribution in [2.75, 3.05) is 5.32 Å². The minimum absolute atomic E-state index is 0.143. The van der Waals surface area contributed by atoms with Gasteiger partial charge >= 0.3 is 11.9 Å². The van der Waals surface area contributed by atoms with Crippen molar-refractivity contribution in [3.05, 3.63) is 83.3 Å². The van der Waals surface area contributed by atoms with E-state index in [1.807, 2.05) is 36.4 Å². The number of hydrogen-bond acceptors (Lipinski definition) is 2. The quantitative estimate of drug-likeness (QED) is 0.501. The summed E-state index contributed by atoms with van der Waals surface area (Å²) in [6.07, 6.45) is -0.423. The molecule has 4 nitrogen and oxygen atoms in total. The summed E-state index contributed by atoms with van der Waals surface area (Å²) in [6, 6.07) is 14.7. The zero-order valence-corrected chi connectivity index (χ0v) is 16.4. The van der Waals surface area contributed by atoms with Gasteiger partial charge in [0, 0.05) is 23.5 Å². The number of anilines is 2. The van der Waals surface area contributed by atoms with Crippen LogP contribution in [0.5, 0.6) is 0 Å². The maximum atomic E-state index is 12.6. The van der Waals surface area contributed by atoms with E-state index in [1.54, 1.807) is 18.2 Å². The van der Waals surface area contributed by atoms with Crippen LogP contribution in [0.1, 0.15) is 20.3 Å². The standard InChI is InChI=1S/C18H16F3N3O.C4H8/c1-12(18(19,20)21)9-10-24-16-8-7-14(11-15(16)23-17(24)25)22-13-5-3-2-4-6-13;1-3-4-2/h2-9,11,22H,10H2,1H3,(H,23,25);3H,1,4H2,2H3/b12-9-;. The van der Waals surface area contributed by atoms with Crippen molar-refractivity contribution in [2.24, 2.45) is 0 Å². The summed E-state index contributed by atoms with van der Waals surface area (Å²) in [4.78, 5) is 14.7. The van der Waals surface area contributed by atoms with E-state index in [-0.39, 0.29) is 6.54 Å². The van der Waals surface area contributed by atoms with Crippen molar-refractivity contribution in [1.82, 2.24) is 9.55 Å². The van der Waals surface area contributed by atoms with Crippen LogP contribution in [0.4, 0.5) is 24.5 Å². The fraction of sp³-hybridized carbons (Fsp3) is 0.227. The fourth-order valence-electron chi connectivity index (χ4n) is 2.45. The van der Waals surface area contributed by atoms with Crippen molar-refractivity contribution >= 4 is 22.4 Å². The number of imidazole rings is 1. The number of hydrogen-bond donors (Lipinski definition) is 2. The molecule has 0 aliphatic heterocycles. The van der Waals surface area contributed by atoms with Crippen molar-refractivity contribution in [2.45, 2.75) is 33.0 Å². The van der Waals surface area contributed by atoms with Crippen LogP contribution in [0.3, 0.4) is 0 Å². The number of fused-ring (bicyclic) bond motifs is 1. The molecule has 7 heteroatoms. The van der Waals surface area contributed by atoms with E-state index in [9.17, 15) is 18.0 Å². The molecule has 0 spiro atoms. The Morgan fingerprint density at radius 1 is 1.17 bits per heavy atom. The van der Waals surface area contributed by atoms with Gasteiger partial charge in [-0.15, -0.1) is 6.58 Å². The first kappa shape index (κ1) is 22.1. The number of halogens is 3. The molecule has 0 saturated heterocycles. The summed E-state index contributed by atoms with van der Waals surface area (Å²) in [5.74, 6) is 0. The number of alkyl halides is 3. The SMILES string of the molecule is C/C(=C/Cn1c(=O)[nH]c2cc(Nc3ccccc3)ccc21)C(F)(F)F.C=CCC. The second kappa shape index (κ2) is 9.82. The lowest BCUT2D eigenvalue weighted by Gasteiger charge is -2.08. The molecule has 0 fully saturated rings. The van der Waals surface area contributed by atoms with Gasteiger partial charge in [-0.1, -0.05) is 37.3 Å². The largest absolute Gasteiger partial charge is 0.412 e. The molecule has 1 aromatic heterocycles. The van der Waals surface area contributed by atoms with Gasteiger partial charge in [-0.25, -0.2) is 4.79 Å². The van der Waals surface area contributed by atoms with Crippen LogP contribution in [0.15, 0.2) is 77.6 Å². The highest BCUT2D eigenvalue weighted by molar-refractivity contribution is 5.80. The molecule has 2 aromatic carbocycles. The molecular weight excluding hydrogens is 379 g/mol. The Hall–Kier alpha value is -3.22. The molecule has 0 radical (unpaired) electrons. The van der Waals surface area contributed by atoms with Gasteiger partial charge in [-0.3, -0.25) is 4.57 Å². The number of nitrogens with zero attached hydrogens (tertiary/aromatic N) is 1. The van der Waals surface area contributed by atoms with Gasteiger partial charge in [0.15, 0.2) is 0 Å². The normalized spacial score (nSPS) is 11.7. The molecule has 0 aliphatic carbocycles. The van der Waals surface area contributed by atoms with Crippen molar-refractivity contribution in [3.8, 4) is 0 Å². The summed E-state index contributed by atoms with van der Waals surface area (Å²) >= 11 is 0. The number of aromatic amines is 1. The smallest absolute Gasteiger partial charge is 0.355 e. The lowest BCUT2D eigenvalue weighted by atomic mass is 10.2. The predicted molar refractivity (Wildman–Crippen MR) is 113 cm³/mol. The van der Waals surface area contributed by atoms with Gasteiger partial charge in [0.05, 0.1) is 11.0 Å². The number of H-pyrrole nitrogens is 1. The van der Waals surface area contributed by atoms with Gasteiger partial charge in [0.2, 0.25) is 0 Å². The number of allylic oxidation sites excluding steroid dienone is 3. The van der Waals surface area contributed by atoms with Gasteiger partial charge in [-0.2, -0.15) is 13.2 Å². The van der Waals surface area contributed by atoms with Crippen LogP contribution in [0, 0.1) is 0 Å². The van der Waals surface area contributed by atoms with Gasteiger partial charge in [0.1, 0.15) is 0 Å². The zero-order chi connectivity index (χ0) is 21.4. The first-order chi connectivity index (χ1) is 13.8. The van der Waals surface area contributed by atoms with E-state index in [4.69, 9.17) is 0 Å². The van der Waals surface area contributed by atoms with Crippen LogP contribution in [-0.4, -0.2) is 15.7 Å². The van der Waals surface area contributed by atoms with Crippen LogP contribution in [0.2, 0.25) is 0 Å². The molecule has 154 valence electrons. The maximum Gasteiger partial charge on any atom is 0.412 e. The van der Waals surface area contributed by atoms with Crippen LogP contribution < -0.4 is 11.0 Å². The molecule has 3 rings (SSSR count). The van der Waals surface area contributed by atoms with E-state index in [0.29, 0.717) is 11.0 Å². The third-order valence-electron chi connectivity index (χ3n) is 4.15. The third-order valence-corrected chi connectivity index (χ3v) is 4.15. The van der Waals surface area contributed by atoms with Gasteiger partial charge in [-0.05, 0) is 43.7 Å². The molecule has 1 heterocycles. The van der Waals surface area contributed by atoms with E-state index < -0.39 is 17.4 Å². The van der Waals surface area contributed by atoms with Crippen LogP contribution >= 0.6 is 0 Å². The average molecular weight is 403 g/mol. The maximum absolute atomic E-state index is 12.6. The Morgan fingerprint density at radius 2 is 1.83 bits per heavy atom. The van der Waals surface area contributed by atoms with E-state index >= 15 is 0 Å². The minimum Gasteiger partial charge on any atom is -0.355 e. The monoisotopic (exact) mass is 403 g/mol. The number of rotatable bonds is 5. The summed E-state index contributed by atoms with van der Waals surface area (Å²) < 4.78 is 39.0. The Balaban J connectivity index is 0.000000687. The lowest BCUT2D eigenvalue weighted by Crippen LogP contribution is -2.17. The second-order valence-corrected chi connectivity index (χ2v) is 6.35. The molecular formula is C22H24F3N3O. The number of benzene rings is 2. The predicted octanol–water partition coefficient (Wildman–Crippen LogP) is 6.16. The summed E-state index contributed by atoms with van der Waals surface area (Å²) in [6.45, 7) is 6.39. The first-order valence-corrected chi connectivity index (χ1v) is 9.15.